The monoisotopic (exact) mass is 195 g/mol. The molecule has 2 rings (SSSR count). The number of pyridine rings is 1. The molecule has 13 heavy (non-hydrogen) atoms. The van der Waals surface area contributed by atoms with E-state index < -0.39 is 0 Å². The fourth-order valence-electron chi connectivity index (χ4n) is 1.15. The van der Waals surface area contributed by atoms with Crippen LogP contribution in [0.15, 0.2) is 30.5 Å². The molecule has 1 aromatic heterocycles. The molecule has 2 aromatic rings. The Hall–Kier alpha value is -1.48. The summed E-state index contributed by atoms with van der Waals surface area (Å²) >= 11 is 0. The molecule has 3 nitrogen and oxygen atoms in total. The van der Waals surface area contributed by atoms with Gasteiger partial charge in [-0.25, -0.2) is 0 Å². The zero-order chi connectivity index (χ0) is 8.55. The van der Waals surface area contributed by atoms with E-state index in [1.165, 1.54) is 0 Å². The lowest BCUT2D eigenvalue weighted by Crippen LogP contribution is -1.94. The number of nitrogens with zero attached hydrogens (tertiary/aromatic N) is 1. The van der Waals surface area contributed by atoms with Gasteiger partial charge in [-0.3, -0.25) is 4.98 Å². The van der Waals surface area contributed by atoms with E-state index in [2.05, 4.69) is 4.98 Å². The van der Waals surface area contributed by atoms with Crippen molar-refractivity contribution in [2.24, 2.45) is 0 Å². The van der Waals surface area contributed by atoms with Gasteiger partial charge >= 0.3 is 0 Å². The summed E-state index contributed by atoms with van der Waals surface area (Å²) in [6.07, 6.45) is 1.73. The van der Waals surface area contributed by atoms with Gasteiger partial charge in [0, 0.05) is 11.6 Å². The van der Waals surface area contributed by atoms with Crippen LogP contribution in [0.3, 0.4) is 0 Å². The third-order valence-corrected chi connectivity index (χ3v) is 1.81. The second kappa shape index (κ2) is 3.49. The summed E-state index contributed by atoms with van der Waals surface area (Å²) in [5, 5.41) is 1.02. The number of halogens is 1. The van der Waals surface area contributed by atoms with Gasteiger partial charge in [0.2, 0.25) is 0 Å². The lowest BCUT2D eigenvalue weighted by atomic mass is 10.2. The van der Waals surface area contributed by atoms with Crippen molar-refractivity contribution in [3.8, 4) is 0 Å². The van der Waals surface area contributed by atoms with Crippen LogP contribution in [0, 0.1) is 0 Å². The van der Waals surface area contributed by atoms with Crippen molar-refractivity contribution in [2.45, 2.75) is 0 Å². The first-order valence-corrected chi connectivity index (χ1v) is 3.67. The normalized spacial score (nSPS) is 9.54. The molecule has 0 fully saturated rings. The molecule has 0 aliphatic carbocycles. The maximum Gasteiger partial charge on any atom is 0.0723 e. The predicted octanol–water partition coefficient (Wildman–Crippen LogP) is 1.82. The predicted molar refractivity (Wildman–Crippen MR) is 57.8 cm³/mol. The molecule has 0 saturated carbocycles. The molecule has 0 aliphatic rings. The van der Waals surface area contributed by atoms with Gasteiger partial charge in [0.25, 0.3) is 0 Å². The Morgan fingerprint density at radius 1 is 1.08 bits per heavy atom. The molecule has 0 bridgehead atoms. The minimum Gasteiger partial charge on any atom is -0.397 e. The number of anilines is 2. The Morgan fingerprint density at radius 3 is 2.54 bits per heavy atom. The third-order valence-electron chi connectivity index (χ3n) is 1.81. The number of fused-ring (bicyclic) bond motifs is 1. The lowest BCUT2D eigenvalue weighted by Gasteiger charge is -2.01. The molecule has 4 N–H and O–H groups in total. The van der Waals surface area contributed by atoms with Gasteiger partial charge in [0.15, 0.2) is 0 Å². The molecular formula is C9H10ClN3. The third kappa shape index (κ3) is 1.65. The summed E-state index contributed by atoms with van der Waals surface area (Å²) in [5.41, 5.74) is 13.3. The Balaban J connectivity index is 0.000000845. The fourth-order valence-corrected chi connectivity index (χ4v) is 1.15. The van der Waals surface area contributed by atoms with Crippen LogP contribution in [0.25, 0.3) is 10.9 Å². The molecule has 0 radical (unpaired) electrons. The molecule has 0 saturated heterocycles. The van der Waals surface area contributed by atoms with E-state index in [9.17, 15) is 0 Å². The molecular weight excluding hydrogens is 186 g/mol. The van der Waals surface area contributed by atoms with Crippen LogP contribution in [0.4, 0.5) is 11.4 Å². The number of benzene rings is 1. The summed E-state index contributed by atoms with van der Waals surface area (Å²) in [6.45, 7) is 0. The first-order chi connectivity index (χ1) is 5.77. The maximum absolute atomic E-state index is 5.63. The molecule has 0 amide bonds. The largest absolute Gasteiger partial charge is 0.397 e. The van der Waals surface area contributed by atoms with Crippen LogP contribution in [0.5, 0.6) is 0 Å². The van der Waals surface area contributed by atoms with Gasteiger partial charge in [0.05, 0.1) is 16.9 Å². The Morgan fingerprint density at radius 2 is 1.77 bits per heavy atom. The van der Waals surface area contributed by atoms with Crippen LogP contribution in [0.2, 0.25) is 0 Å². The van der Waals surface area contributed by atoms with Crippen molar-refractivity contribution in [3.63, 3.8) is 0 Å². The van der Waals surface area contributed by atoms with Crippen LogP contribution in [-0.2, 0) is 0 Å². The van der Waals surface area contributed by atoms with Crippen LogP contribution in [-0.4, -0.2) is 4.98 Å². The molecule has 68 valence electrons. The van der Waals surface area contributed by atoms with Crippen molar-refractivity contribution in [3.05, 3.63) is 30.5 Å². The minimum absolute atomic E-state index is 0. The molecule has 0 spiro atoms. The highest BCUT2D eigenvalue weighted by molar-refractivity contribution is 5.87. The van der Waals surface area contributed by atoms with Crippen LogP contribution >= 0.6 is 12.4 Å². The van der Waals surface area contributed by atoms with Crippen LogP contribution < -0.4 is 11.5 Å². The van der Waals surface area contributed by atoms with Crippen molar-refractivity contribution >= 4 is 34.7 Å². The average Bonchev–Trinajstić information content (AvgIpc) is 2.07. The molecule has 0 unspecified atom stereocenters. The summed E-state index contributed by atoms with van der Waals surface area (Å²) in [7, 11) is 0. The van der Waals surface area contributed by atoms with Crippen molar-refractivity contribution in [2.75, 3.05) is 11.5 Å². The standard InChI is InChI=1S/C9H9N3.ClH/c10-7-4-6-2-1-3-12-9(6)5-8(7)11;/h1-5H,10-11H2;1H. The second-order valence-corrected chi connectivity index (χ2v) is 2.68. The summed E-state index contributed by atoms with van der Waals surface area (Å²) < 4.78 is 0. The van der Waals surface area contributed by atoms with Crippen molar-refractivity contribution < 1.29 is 0 Å². The topological polar surface area (TPSA) is 64.9 Å². The van der Waals surface area contributed by atoms with E-state index in [0.717, 1.165) is 10.9 Å². The fraction of sp³-hybridized carbons (Fsp3) is 0. The molecule has 0 atom stereocenters. The number of aromatic nitrogens is 1. The zero-order valence-corrected chi connectivity index (χ0v) is 7.71. The van der Waals surface area contributed by atoms with E-state index >= 15 is 0 Å². The van der Waals surface area contributed by atoms with Gasteiger partial charge in [-0.1, -0.05) is 6.07 Å². The summed E-state index contributed by atoms with van der Waals surface area (Å²) in [6, 6.07) is 7.44. The number of nitrogens with two attached hydrogens (primary N) is 2. The van der Waals surface area contributed by atoms with Crippen LogP contribution in [0.1, 0.15) is 0 Å². The molecule has 0 aliphatic heterocycles. The minimum atomic E-state index is 0. The van der Waals surface area contributed by atoms with E-state index in [-0.39, 0.29) is 12.4 Å². The zero-order valence-electron chi connectivity index (χ0n) is 6.90. The van der Waals surface area contributed by atoms with Gasteiger partial charge in [-0.2, -0.15) is 0 Å². The Labute approximate surface area is 82.2 Å². The Bertz CT molecular complexity index is 388. The first kappa shape index (κ1) is 9.61. The maximum atomic E-state index is 5.63. The summed E-state index contributed by atoms with van der Waals surface area (Å²) in [4.78, 5) is 4.15. The quantitative estimate of drug-likeness (QED) is 0.631. The second-order valence-electron chi connectivity index (χ2n) is 2.68. The average molecular weight is 196 g/mol. The van der Waals surface area contributed by atoms with Gasteiger partial charge in [0.1, 0.15) is 0 Å². The molecule has 4 heteroatoms. The SMILES string of the molecule is Cl.Nc1cc2cccnc2cc1N. The van der Waals surface area contributed by atoms with E-state index in [1.807, 2.05) is 18.2 Å². The highest BCUT2D eigenvalue weighted by Crippen LogP contribution is 2.21. The number of hydrogen-bond acceptors (Lipinski definition) is 3. The van der Waals surface area contributed by atoms with Crippen molar-refractivity contribution in [1.29, 1.82) is 0 Å². The first-order valence-electron chi connectivity index (χ1n) is 3.67. The lowest BCUT2D eigenvalue weighted by molar-refractivity contribution is 1.41. The van der Waals surface area contributed by atoms with Gasteiger partial charge in [-0.15, -0.1) is 12.4 Å². The summed E-state index contributed by atoms with van der Waals surface area (Å²) in [5.74, 6) is 0. The molecule has 1 aromatic carbocycles. The Kier molecular flexibility index (Phi) is 2.58. The smallest absolute Gasteiger partial charge is 0.0723 e. The van der Waals surface area contributed by atoms with E-state index in [4.69, 9.17) is 11.5 Å². The highest BCUT2D eigenvalue weighted by atomic mass is 35.5. The molecule has 1 heterocycles. The highest BCUT2D eigenvalue weighted by Gasteiger charge is 1.97. The van der Waals surface area contributed by atoms with Crippen molar-refractivity contribution in [1.82, 2.24) is 4.98 Å². The van der Waals surface area contributed by atoms with Gasteiger partial charge < -0.3 is 11.5 Å². The number of rotatable bonds is 0. The van der Waals surface area contributed by atoms with Gasteiger partial charge in [-0.05, 0) is 18.2 Å². The number of hydrogen-bond donors (Lipinski definition) is 2. The van der Waals surface area contributed by atoms with E-state index in [0.29, 0.717) is 11.4 Å². The van der Waals surface area contributed by atoms with E-state index in [1.54, 1.807) is 12.3 Å². The number of nitrogen functional groups attached to an aromatic ring is 2.